The molecule has 5 heteroatoms. The minimum absolute atomic E-state index is 0.0266. The van der Waals surface area contributed by atoms with E-state index in [1.807, 2.05) is 54.6 Å². The van der Waals surface area contributed by atoms with Crippen LogP contribution < -0.4 is 10.1 Å². The lowest BCUT2D eigenvalue weighted by Crippen LogP contribution is -2.28. The maximum Gasteiger partial charge on any atom is 0.229 e. The summed E-state index contributed by atoms with van der Waals surface area (Å²) in [4.78, 5) is 26.5. The molecule has 1 saturated heterocycles. The second-order valence-electron chi connectivity index (χ2n) is 6.88. The topological polar surface area (TPSA) is 58.6 Å². The normalized spacial score (nSPS) is 16.4. The molecule has 0 radical (unpaired) electrons. The fourth-order valence-electron chi connectivity index (χ4n) is 3.12. The Morgan fingerprint density at radius 2 is 1.89 bits per heavy atom. The Kier molecular flexibility index (Phi) is 6.47. The van der Waals surface area contributed by atoms with Crippen LogP contribution in [0.1, 0.15) is 31.7 Å². The third-order valence-electron chi connectivity index (χ3n) is 4.69. The average Bonchev–Trinajstić information content (AvgIpc) is 3.05. The van der Waals surface area contributed by atoms with E-state index in [1.54, 1.807) is 4.90 Å². The Balaban J connectivity index is 1.51. The summed E-state index contributed by atoms with van der Waals surface area (Å²) in [6, 6.07) is 17.2. The van der Waals surface area contributed by atoms with Crippen LogP contribution in [0.15, 0.2) is 54.6 Å². The van der Waals surface area contributed by atoms with E-state index < -0.39 is 0 Å². The first-order valence-electron chi connectivity index (χ1n) is 9.51. The van der Waals surface area contributed by atoms with Crippen LogP contribution in [0, 0.1) is 5.92 Å². The number of nitrogens with one attached hydrogen (secondary N) is 1. The monoisotopic (exact) mass is 366 g/mol. The molecular formula is C22H26N2O3. The van der Waals surface area contributed by atoms with Gasteiger partial charge in [0.25, 0.3) is 0 Å². The van der Waals surface area contributed by atoms with Crippen molar-refractivity contribution in [2.24, 2.45) is 5.92 Å². The molecule has 0 saturated carbocycles. The number of nitrogens with zero attached hydrogens (tertiary/aromatic N) is 1. The molecule has 2 aromatic rings. The Morgan fingerprint density at radius 1 is 1.15 bits per heavy atom. The summed E-state index contributed by atoms with van der Waals surface area (Å²) in [7, 11) is 0. The van der Waals surface area contributed by atoms with E-state index in [1.165, 1.54) is 0 Å². The highest BCUT2D eigenvalue weighted by atomic mass is 16.5. The van der Waals surface area contributed by atoms with Gasteiger partial charge in [-0.05, 0) is 36.2 Å². The van der Waals surface area contributed by atoms with Gasteiger partial charge in [0.15, 0.2) is 0 Å². The van der Waals surface area contributed by atoms with Gasteiger partial charge in [0.1, 0.15) is 5.75 Å². The molecule has 27 heavy (non-hydrogen) atoms. The van der Waals surface area contributed by atoms with E-state index in [0.717, 1.165) is 29.8 Å². The smallest absolute Gasteiger partial charge is 0.229 e. The summed E-state index contributed by atoms with van der Waals surface area (Å²) < 4.78 is 5.63. The Morgan fingerprint density at radius 3 is 2.59 bits per heavy atom. The third kappa shape index (κ3) is 5.33. The molecule has 1 aliphatic rings. The molecule has 0 aliphatic carbocycles. The van der Waals surface area contributed by atoms with Gasteiger partial charge in [-0.1, -0.05) is 43.7 Å². The quantitative estimate of drug-likeness (QED) is 0.722. The molecule has 1 atom stereocenters. The number of ether oxygens (including phenoxy) is 1. The summed E-state index contributed by atoms with van der Waals surface area (Å²) in [5.41, 5.74) is 1.79. The number of rotatable bonds is 8. The van der Waals surface area contributed by atoms with Gasteiger partial charge in [-0.2, -0.15) is 0 Å². The summed E-state index contributed by atoms with van der Waals surface area (Å²) >= 11 is 0. The van der Waals surface area contributed by atoms with Crippen molar-refractivity contribution in [1.29, 1.82) is 0 Å². The first-order chi connectivity index (χ1) is 13.2. The van der Waals surface area contributed by atoms with Crippen molar-refractivity contribution in [3.8, 4) is 5.75 Å². The van der Waals surface area contributed by atoms with Gasteiger partial charge in [0.05, 0.1) is 12.5 Å². The zero-order valence-corrected chi connectivity index (χ0v) is 15.7. The van der Waals surface area contributed by atoms with Gasteiger partial charge in [0, 0.05) is 25.2 Å². The van der Waals surface area contributed by atoms with Crippen LogP contribution >= 0.6 is 0 Å². The lowest BCUT2D eigenvalue weighted by atomic mass is 10.1. The highest BCUT2D eigenvalue weighted by molar-refractivity contribution is 5.97. The molecule has 0 spiro atoms. The predicted molar refractivity (Wildman–Crippen MR) is 105 cm³/mol. The van der Waals surface area contributed by atoms with Gasteiger partial charge < -0.3 is 15.0 Å². The van der Waals surface area contributed by atoms with Crippen LogP contribution in [0.2, 0.25) is 0 Å². The first-order valence-corrected chi connectivity index (χ1v) is 9.51. The number of amides is 2. The third-order valence-corrected chi connectivity index (χ3v) is 4.69. The minimum atomic E-state index is -0.318. The van der Waals surface area contributed by atoms with Gasteiger partial charge in [0.2, 0.25) is 11.8 Å². The molecule has 2 amide bonds. The maximum absolute atomic E-state index is 12.5. The second-order valence-corrected chi connectivity index (χ2v) is 6.88. The highest BCUT2D eigenvalue weighted by Crippen LogP contribution is 2.23. The molecule has 0 unspecified atom stereocenters. The Hall–Kier alpha value is -2.82. The zero-order valence-electron chi connectivity index (χ0n) is 15.7. The number of carbonyl (C=O) groups is 2. The molecule has 1 heterocycles. The number of benzene rings is 2. The lowest BCUT2D eigenvalue weighted by Gasteiger charge is -2.16. The number of hydrogen-bond acceptors (Lipinski definition) is 3. The molecule has 3 rings (SSSR count). The van der Waals surface area contributed by atoms with Crippen LogP contribution in [-0.4, -0.2) is 29.9 Å². The average molecular weight is 366 g/mol. The van der Waals surface area contributed by atoms with E-state index in [4.69, 9.17) is 4.74 Å². The van der Waals surface area contributed by atoms with Crippen molar-refractivity contribution in [1.82, 2.24) is 4.90 Å². The van der Waals surface area contributed by atoms with E-state index in [2.05, 4.69) is 12.2 Å². The summed E-state index contributed by atoms with van der Waals surface area (Å²) in [6.07, 6.45) is 2.38. The van der Waals surface area contributed by atoms with E-state index in [0.29, 0.717) is 19.7 Å². The number of anilines is 1. The predicted octanol–water partition coefficient (Wildman–Crippen LogP) is 3.85. The standard InChI is InChI=1S/C22H26N2O3/c1-2-3-13-27-20-11-9-19(10-12-20)23-22(26)18-14-21(25)24(16-18)15-17-7-5-4-6-8-17/h4-12,18H,2-3,13-16H2,1H3,(H,23,26)/t18-/m1/s1. The molecular weight excluding hydrogens is 340 g/mol. The summed E-state index contributed by atoms with van der Waals surface area (Å²) in [6.45, 7) is 3.82. The number of hydrogen-bond donors (Lipinski definition) is 1. The van der Waals surface area contributed by atoms with Crippen molar-refractivity contribution < 1.29 is 14.3 Å². The van der Waals surface area contributed by atoms with Crippen LogP contribution in [0.25, 0.3) is 0 Å². The minimum Gasteiger partial charge on any atom is -0.494 e. The van der Waals surface area contributed by atoms with Gasteiger partial charge >= 0.3 is 0 Å². The van der Waals surface area contributed by atoms with E-state index in [-0.39, 0.29) is 24.2 Å². The molecule has 1 N–H and O–H groups in total. The van der Waals surface area contributed by atoms with Crippen molar-refractivity contribution in [2.45, 2.75) is 32.7 Å². The van der Waals surface area contributed by atoms with Gasteiger partial charge in [-0.25, -0.2) is 0 Å². The van der Waals surface area contributed by atoms with Crippen molar-refractivity contribution in [3.63, 3.8) is 0 Å². The summed E-state index contributed by atoms with van der Waals surface area (Å²) in [5.74, 6) is 0.394. The molecule has 2 aromatic carbocycles. The molecule has 1 fully saturated rings. The van der Waals surface area contributed by atoms with E-state index >= 15 is 0 Å². The molecule has 1 aliphatic heterocycles. The van der Waals surface area contributed by atoms with Crippen LogP contribution in [0.3, 0.4) is 0 Å². The number of carbonyl (C=O) groups excluding carboxylic acids is 2. The zero-order chi connectivity index (χ0) is 19.1. The Bertz CT molecular complexity index is 759. The number of unbranched alkanes of at least 4 members (excludes halogenated alkanes) is 1. The molecule has 0 bridgehead atoms. The van der Waals surface area contributed by atoms with Gasteiger partial charge in [-0.15, -0.1) is 0 Å². The van der Waals surface area contributed by atoms with Crippen LogP contribution in [0.4, 0.5) is 5.69 Å². The van der Waals surface area contributed by atoms with Crippen molar-refractivity contribution in [2.75, 3.05) is 18.5 Å². The highest BCUT2D eigenvalue weighted by Gasteiger charge is 2.34. The van der Waals surface area contributed by atoms with Crippen molar-refractivity contribution >= 4 is 17.5 Å². The summed E-state index contributed by atoms with van der Waals surface area (Å²) in [5, 5.41) is 2.91. The first kappa shape index (κ1) is 19.0. The van der Waals surface area contributed by atoms with E-state index in [9.17, 15) is 9.59 Å². The van der Waals surface area contributed by atoms with Crippen molar-refractivity contribution in [3.05, 3.63) is 60.2 Å². The molecule has 142 valence electrons. The SMILES string of the molecule is CCCCOc1ccc(NC(=O)[C@@H]2CC(=O)N(Cc3ccccc3)C2)cc1. The molecule has 0 aromatic heterocycles. The fraction of sp³-hybridized carbons (Fsp3) is 0.364. The molecule has 5 nitrogen and oxygen atoms in total. The van der Waals surface area contributed by atoms with Crippen LogP contribution in [0.5, 0.6) is 5.75 Å². The fourth-order valence-corrected chi connectivity index (χ4v) is 3.12. The van der Waals surface area contributed by atoms with Crippen LogP contribution in [-0.2, 0) is 16.1 Å². The lowest BCUT2D eigenvalue weighted by molar-refractivity contribution is -0.128. The number of likely N-dealkylation sites (tertiary alicyclic amines) is 1. The van der Waals surface area contributed by atoms with Gasteiger partial charge in [-0.3, -0.25) is 9.59 Å². The Labute approximate surface area is 160 Å². The largest absolute Gasteiger partial charge is 0.494 e. The second kappa shape index (κ2) is 9.21. The maximum atomic E-state index is 12.5.